The molecule has 1 saturated heterocycles. The van der Waals surface area contributed by atoms with E-state index in [1.54, 1.807) is 0 Å². The molecule has 0 amide bonds. The molecule has 1 fully saturated rings. The quantitative estimate of drug-likeness (QED) is 0.855. The van der Waals surface area contributed by atoms with Gasteiger partial charge in [-0.2, -0.15) is 4.98 Å². The molecule has 1 atom stereocenters. The summed E-state index contributed by atoms with van der Waals surface area (Å²) in [6.45, 7) is 4.39. The van der Waals surface area contributed by atoms with Gasteiger partial charge in [0, 0.05) is 6.42 Å². The fourth-order valence-electron chi connectivity index (χ4n) is 2.17. The van der Waals surface area contributed by atoms with Crippen LogP contribution in [0.2, 0.25) is 0 Å². The van der Waals surface area contributed by atoms with Crippen LogP contribution in [0.25, 0.3) is 0 Å². The average Bonchev–Trinajstić information content (AvgIpc) is 2.80. The molecule has 5 nitrogen and oxygen atoms in total. The Morgan fingerprint density at radius 1 is 1.47 bits per heavy atom. The van der Waals surface area contributed by atoms with Gasteiger partial charge < -0.3 is 14.7 Å². The maximum Gasteiger partial charge on any atom is 0.243 e. The van der Waals surface area contributed by atoms with Crippen molar-refractivity contribution in [1.82, 2.24) is 20.4 Å². The van der Waals surface area contributed by atoms with Crippen molar-refractivity contribution in [3.8, 4) is 0 Å². The molecule has 0 saturated carbocycles. The molecule has 1 aromatic heterocycles. The number of aromatic nitrogens is 2. The fourth-order valence-corrected chi connectivity index (χ4v) is 2.17. The van der Waals surface area contributed by atoms with E-state index >= 15 is 0 Å². The molecule has 0 aliphatic carbocycles. The van der Waals surface area contributed by atoms with Crippen LogP contribution in [0, 0.1) is 5.92 Å². The molecule has 0 aromatic carbocycles. The highest BCUT2D eigenvalue weighted by Crippen LogP contribution is 2.20. The van der Waals surface area contributed by atoms with Crippen molar-refractivity contribution in [3.05, 3.63) is 11.7 Å². The third-order valence-corrected chi connectivity index (χ3v) is 3.60. The monoisotopic (exact) mass is 238 g/mol. The van der Waals surface area contributed by atoms with Crippen molar-refractivity contribution in [2.24, 2.45) is 5.92 Å². The van der Waals surface area contributed by atoms with E-state index in [1.807, 2.05) is 14.0 Å². The van der Waals surface area contributed by atoms with Gasteiger partial charge in [0.05, 0.1) is 6.04 Å². The normalized spacial score (nSPS) is 20.6. The molecule has 0 bridgehead atoms. The first-order chi connectivity index (χ1) is 8.19. The van der Waals surface area contributed by atoms with Crippen LogP contribution < -0.4 is 5.32 Å². The molecule has 1 aliphatic rings. The highest BCUT2D eigenvalue weighted by molar-refractivity contribution is 4.93. The largest absolute Gasteiger partial charge is 0.338 e. The van der Waals surface area contributed by atoms with Crippen LogP contribution in [0.4, 0.5) is 0 Å². The Balaban J connectivity index is 1.88. The van der Waals surface area contributed by atoms with Gasteiger partial charge in [0.2, 0.25) is 5.89 Å². The van der Waals surface area contributed by atoms with Gasteiger partial charge in [-0.3, -0.25) is 0 Å². The zero-order valence-electron chi connectivity index (χ0n) is 10.9. The summed E-state index contributed by atoms with van der Waals surface area (Å²) >= 11 is 0. The van der Waals surface area contributed by atoms with Gasteiger partial charge >= 0.3 is 0 Å². The van der Waals surface area contributed by atoms with E-state index in [0.717, 1.165) is 12.2 Å². The van der Waals surface area contributed by atoms with Gasteiger partial charge in [-0.1, -0.05) is 5.16 Å². The summed E-state index contributed by atoms with van der Waals surface area (Å²) in [5.74, 6) is 2.26. The highest BCUT2D eigenvalue weighted by Gasteiger charge is 2.20. The Hall–Kier alpha value is -0.940. The second-order valence-corrected chi connectivity index (χ2v) is 5.01. The maximum atomic E-state index is 5.25. The van der Waals surface area contributed by atoms with Crippen molar-refractivity contribution in [1.29, 1.82) is 0 Å². The zero-order chi connectivity index (χ0) is 12.3. The van der Waals surface area contributed by atoms with E-state index in [9.17, 15) is 0 Å². The second-order valence-electron chi connectivity index (χ2n) is 5.01. The minimum Gasteiger partial charge on any atom is -0.338 e. The van der Waals surface area contributed by atoms with Crippen LogP contribution >= 0.6 is 0 Å². The van der Waals surface area contributed by atoms with Gasteiger partial charge in [-0.15, -0.1) is 0 Å². The number of hydrogen-bond donors (Lipinski definition) is 1. The van der Waals surface area contributed by atoms with Crippen LogP contribution in [0.1, 0.15) is 37.5 Å². The summed E-state index contributed by atoms with van der Waals surface area (Å²) in [6, 6.07) is 0.133. The minimum absolute atomic E-state index is 0.133. The number of hydrogen-bond acceptors (Lipinski definition) is 5. The number of nitrogens with zero attached hydrogens (tertiary/aromatic N) is 3. The third kappa shape index (κ3) is 3.26. The Kier molecular flexibility index (Phi) is 4.12. The molecular formula is C12H22N4O. The molecule has 1 aromatic rings. The van der Waals surface area contributed by atoms with Crippen LogP contribution in [-0.2, 0) is 6.42 Å². The molecule has 1 aliphatic heterocycles. The lowest BCUT2D eigenvalue weighted by Gasteiger charge is -2.28. The Morgan fingerprint density at radius 2 is 2.18 bits per heavy atom. The molecule has 2 heterocycles. The van der Waals surface area contributed by atoms with Gasteiger partial charge in [-0.05, 0) is 52.9 Å². The Labute approximate surface area is 103 Å². The van der Waals surface area contributed by atoms with Crippen molar-refractivity contribution in [3.63, 3.8) is 0 Å². The predicted octanol–water partition coefficient (Wildman–Crippen LogP) is 1.23. The van der Waals surface area contributed by atoms with Crippen molar-refractivity contribution in [2.45, 2.75) is 32.2 Å². The van der Waals surface area contributed by atoms with Crippen molar-refractivity contribution in [2.75, 3.05) is 27.2 Å². The van der Waals surface area contributed by atoms with Gasteiger partial charge in [0.1, 0.15) is 0 Å². The molecule has 1 unspecified atom stereocenters. The van der Waals surface area contributed by atoms with Crippen LogP contribution in [0.3, 0.4) is 0 Å². The van der Waals surface area contributed by atoms with Crippen molar-refractivity contribution < 1.29 is 4.52 Å². The number of likely N-dealkylation sites (tertiary alicyclic amines) is 1. The van der Waals surface area contributed by atoms with Crippen LogP contribution in [0.5, 0.6) is 0 Å². The molecule has 0 spiro atoms. The average molecular weight is 238 g/mol. The van der Waals surface area contributed by atoms with E-state index in [2.05, 4.69) is 27.4 Å². The maximum absolute atomic E-state index is 5.25. The van der Waals surface area contributed by atoms with Gasteiger partial charge in [-0.25, -0.2) is 0 Å². The standard InChI is InChI=1S/C12H22N4O/c1-9(13-2)12-14-11(15-17-12)8-10-4-6-16(3)7-5-10/h9-10,13H,4-8H2,1-3H3. The Bertz CT molecular complexity index is 344. The first-order valence-corrected chi connectivity index (χ1v) is 6.37. The minimum atomic E-state index is 0.133. The van der Waals surface area contributed by atoms with E-state index in [-0.39, 0.29) is 6.04 Å². The number of nitrogens with one attached hydrogen (secondary N) is 1. The summed E-state index contributed by atoms with van der Waals surface area (Å²) in [5, 5.41) is 7.16. The van der Waals surface area contributed by atoms with E-state index in [0.29, 0.717) is 11.8 Å². The van der Waals surface area contributed by atoms with E-state index in [1.165, 1.54) is 25.9 Å². The van der Waals surface area contributed by atoms with Gasteiger partial charge in [0.15, 0.2) is 5.82 Å². The lowest BCUT2D eigenvalue weighted by molar-refractivity contribution is 0.216. The summed E-state index contributed by atoms with van der Waals surface area (Å²) in [7, 11) is 4.07. The fraction of sp³-hybridized carbons (Fsp3) is 0.833. The molecule has 0 radical (unpaired) electrons. The topological polar surface area (TPSA) is 54.2 Å². The smallest absolute Gasteiger partial charge is 0.243 e. The third-order valence-electron chi connectivity index (χ3n) is 3.60. The summed E-state index contributed by atoms with van der Waals surface area (Å²) in [6.07, 6.45) is 3.43. The summed E-state index contributed by atoms with van der Waals surface area (Å²) < 4.78 is 5.25. The first kappa shape index (κ1) is 12.5. The molecule has 17 heavy (non-hydrogen) atoms. The van der Waals surface area contributed by atoms with Crippen molar-refractivity contribution >= 4 is 0 Å². The molecule has 1 N–H and O–H groups in total. The SMILES string of the molecule is CNC(C)c1nc(CC2CCN(C)CC2)no1. The number of piperidine rings is 1. The molecule has 96 valence electrons. The predicted molar refractivity (Wildman–Crippen MR) is 65.7 cm³/mol. The first-order valence-electron chi connectivity index (χ1n) is 6.37. The highest BCUT2D eigenvalue weighted by atomic mass is 16.5. The van der Waals surface area contributed by atoms with Gasteiger partial charge in [0.25, 0.3) is 0 Å². The molecule has 5 heteroatoms. The lowest BCUT2D eigenvalue weighted by atomic mass is 9.94. The number of rotatable bonds is 4. The van der Waals surface area contributed by atoms with Crippen LogP contribution in [-0.4, -0.2) is 42.2 Å². The van der Waals surface area contributed by atoms with E-state index < -0.39 is 0 Å². The second kappa shape index (κ2) is 5.60. The zero-order valence-corrected chi connectivity index (χ0v) is 10.9. The summed E-state index contributed by atoms with van der Waals surface area (Å²) in [4.78, 5) is 6.82. The molecule has 2 rings (SSSR count). The Morgan fingerprint density at radius 3 is 2.82 bits per heavy atom. The molecular weight excluding hydrogens is 216 g/mol. The lowest BCUT2D eigenvalue weighted by Crippen LogP contribution is -2.31. The van der Waals surface area contributed by atoms with Crippen LogP contribution in [0.15, 0.2) is 4.52 Å². The summed E-state index contributed by atoms with van der Waals surface area (Å²) in [5.41, 5.74) is 0. The van der Waals surface area contributed by atoms with E-state index in [4.69, 9.17) is 4.52 Å².